The zero-order chi connectivity index (χ0) is 14.0. The molecule has 5 heteroatoms. The highest BCUT2D eigenvalue weighted by molar-refractivity contribution is 6.34. The molecule has 0 radical (unpaired) electrons. The van der Waals surface area contributed by atoms with Crippen molar-refractivity contribution in [3.63, 3.8) is 0 Å². The van der Waals surface area contributed by atoms with Crippen LogP contribution in [-0.4, -0.2) is 15.6 Å². The largest absolute Gasteiger partial charge is 0.294 e. The Kier molecular flexibility index (Phi) is 4.00. The van der Waals surface area contributed by atoms with Gasteiger partial charge in [0.2, 0.25) is 0 Å². The summed E-state index contributed by atoms with van der Waals surface area (Å²) in [6.07, 6.45) is 1.02. The van der Waals surface area contributed by atoms with Gasteiger partial charge in [0.1, 0.15) is 5.82 Å². The van der Waals surface area contributed by atoms with E-state index in [2.05, 4.69) is 5.10 Å². The Bertz CT molecular complexity index is 622. The van der Waals surface area contributed by atoms with Crippen LogP contribution in [0.25, 0.3) is 0 Å². The van der Waals surface area contributed by atoms with E-state index in [1.54, 1.807) is 11.7 Å². The van der Waals surface area contributed by atoms with Gasteiger partial charge in [0, 0.05) is 18.3 Å². The highest BCUT2D eigenvalue weighted by Crippen LogP contribution is 2.19. The molecule has 19 heavy (non-hydrogen) atoms. The number of rotatable bonds is 4. The molecule has 0 N–H and O–H groups in total. The number of aryl methyl sites for hydroxylation is 2. The van der Waals surface area contributed by atoms with Gasteiger partial charge in [-0.25, -0.2) is 4.39 Å². The Morgan fingerprint density at radius 1 is 1.42 bits per heavy atom. The topological polar surface area (TPSA) is 34.9 Å². The Hall–Kier alpha value is -1.68. The lowest BCUT2D eigenvalue weighted by molar-refractivity contribution is 0.0991. The van der Waals surface area contributed by atoms with E-state index in [9.17, 15) is 9.18 Å². The fourth-order valence-electron chi connectivity index (χ4n) is 1.89. The second-order valence-corrected chi connectivity index (χ2v) is 4.74. The van der Waals surface area contributed by atoms with E-state index in [1.807, 2.05) is 13.0 Å². The van der Waals surface area contributed by atoms with E-state index in [0.717, 1.165) is 23.9 Å². The average Bonchev–Trinajstić information content (AvgIpc) is 2.70. The van der Waals surface area contributed by atoms with Crippen LogP contribution >= 0.6 is 11.6 Å². The van der Waals surface area contributed by atoms with Gasteiger partial charge >= 0.3 is 0 Å². The molecular formula is C14H14ClFN2O. The molecule has 1 aromatic heterocycles. The highest BCUT2D eigenvalue weighted by atomic mass is 35.5. The summed E-state index contributed by atoms with van der Waals surface area (Å²) >= 11 is 5.88. The fraction of sp³-hybridized carbons (Fsp3) is 0.286. The van der Waals surface area contributed by atoms with Crippen LogP contribution in [0.3, 0.4) is 0 Å². The van der Waals surface area contributed by atoms with Gasteiger partial charge in [-0.15, -0.1) is 0 Å². The predicted octanol–water partition coefficient (Wildman–Crippen LogP) is 3.20. The minimum atomic E-state index is -0.449. The second kappa shape index (κ2) is 5.53. The first-order valence-electron chi connectivity index (χ1n) is 6.01. The Morgan fingerprint density at radius 3 is 2.74 bits per heavy atom. The molecule has 100 valence electrons. The molecular weight excluding hydrogens is 267 g/mol. The highest BCUT2D eigenvalue weighted by Gasteiger charge is 2.14. The quantitative estimate of drug-likeness (QED) is 0.806. The normalized spacial score (nSPS) is 10.7. The van der Waals surface area contributed by atoms with Gasteiger partial charge in [-0.1, -0.05) is 18.5 Å². The molecule has 1 heterocycles. The maximum Gasteiger partial charge on any atom is 0.170 e. The molecule has 0 amide bonds. The van der Waals surface area contributed by atoms with Crippen molar-refractivity contribution in [2.24, 2.45) is 7.05 Å². The van der Waals surface area contributed by atoms with Crippen LogP contribution in [-0.2, 0) is 19.9 Å². The third-order valence-corrected chi connectivity index (χ3v) is 3.28. The Labute approximate surface area is 116 Å². The molecule has 0 bridgehead atoms. The fourth-order valence-corrected chi connectivity index (χ4v) is 2.16. The van der Waals surface area contributed by atoms with Gasteiger partial charge < -0.3 is 0 Å². The number of carbonyl (C=O) groups excluding carboxylic acids is 1. The third-order valence-electron chi connectivity index (χ3n) is 2.96. The molecule has 2 aromatic rings. The zero-order valence-corrected chi connectivity index (χ0v) is 11.5. The van der Waals surface area contributed by atoms with Gasteiger partial charge in [-0.2, -0.15) is 5.10 Å². The van der Waals surface area contributed by atoms with Gasteiger partial charge in [0.15, 0.2) is 5.78 Å². The van der Waals surface area contributed by atoms with E-state index in [1.165, 1.54) is 12.1 Å². The zero-order valence-electron chi connectivity index (χ0n) is 10.8. The number of Topliss-reactive ketones (excluding diaryl/α,β-unsaturated/α-hetero) is 1. The van der Waals surface area contributed by atoms with Gasteiger partial charge in [0.25, 0.3) is 0 Å². The van der Waals surface area contributed by atoms with Crippen molar-refractivity contribution in [1.29, 1.82) is 0 Å². The average molecular weight is 281 g/mol. The minimum Gasteiger partial charge on any atom is -0.294 e. The molecule has 0 aliphatic heterocycles. The van der Waals surface area contributed by atoms with Gasteiger partial charge in [-0.05, 0) is 30.7 Å². The lowest BCUT2D eigenvalue weighted by Crippen LogP contribution is -2.08. The van der Waals surface area contributed by atoms with Crippen molar-refractivity contribution < 1.29 is 9.18 Å². The number of aromatic nitrogens is 2. The molecule has 3 nitrogen and oxygen atoms in total. The number of ketones is 1. The van der Waals surface area contributed by atoms with Crippen LogP contribution in [0, 0.1) is 5.82 Å². The van der Waals surface area contributed by atoms with Crippen LogP contribution in [0.15, 0.2) is 24.3 Å². The number of hydrogen-bond donors (Lipinski definition) is 0. The van der Waals surface area contributed by atoms with Crippen LogP contribution in [0.4, 0.5) is 4.39 Å². The summed E-state index contributed by atoms with van der Waals surface area (Å²) in [7, 11) is 1.80. The number of nitrogens with zero attached hydrogens (tertiary/aromatic N) is 2. The molecule has 0 aliphatic carbocycles. The van der Waals surface area contributed by atoms with Crippen LogP contribution in [0.1, 0.15) is 28.7 Å². The van der Waals surface area contributed by atoms with Crippen LogP contribution in [0.5, 0.6) is 0 Å². The summed E-state index contributed by atoms with van der Waals surface area (Å²) in [5.41, 5.74) is 2.10. The summed E-state index contributed by atoms with van der Waals surface area (Å²) in [4.78, 5) is 12.1. The number of benzene rings is 1. The van der Waals surface area contributed by atoms with Crippen molar-refractivity contribution in [3.05, 3.63) is 52.1 Å². The first-order valence-corrected chi connectivity index (χ1v) is 6.39. The third kappa shape index (κ3) is 3.01. The molecule has 2 rings (SSSR count). The predicted molar refractivity (Wildman–Crippen MR) is 72.0 cm³/mol. The molecule has 0 atom stereocenters. The molecule has 0 saturated heterocycles. The van der Waals surface area contributed by atoms with Crippen molar-refractivity contribution >= 4 is 17.4 Å². The van der Waals surface area contributed by atoms with Crippen molar-refractivity contribution in [2.45, 2.75) is 19.8 Å². The summed E-state index contributed by atoms with van der Waals surface area (Å²) in [6, 6.07) is 5.70. The van der Waals surface area contributed by atoms with E-state index in [0.29, 0.717) is 5.56 Å². The Morgan fingerprint density at radius 2 is 2.16 bits per heavy atom. The van der Waals surface area contributed by atoms with E-state index < -0.39 is 5.82 Å². The summed E-state index contributed by atoms with van der Waals surface area (Å²) < 4.78 is 14.6. The number of halogens is 2. The van der Waals surface area contributed by atoms with Gasteiger partial charge in [0.05, 0.1) is 17.1 Å². The van der Waals surface area contributed by atoms with Crippen molar-refractivity contribution in [1.82, 2.24) is 9.78 Å². The maximum atomic E-state index is 12.9. The Balaban J connectivity index is 2.23. The smallest absolute Gasteiger partial charge is 0.170 e. The first kappa shape index (κ1) is 13.7. The summed E-state index contributed by atoms with van der Waals surface area (Å²) in [5, 5.41) is 4.43. The van der Waals surface area contributed by atoms with Crippen LogP contribution < -0.4 is 0 Å². The van der Waals surface area contributed by atoms with Crippen LogP contribution in [0.2, 0.25) is 5.02 Å². The van der Waals surface area contributed by atoms with E-state index in [4.69, 9.17) is 11.6 Å². The molecule has 0 spiro atoms. The summed E-state index contributed by atoms with van der Waals surface area (Å²) in [6.45, 7) is 2.00. The first-order chi connectivity index (χ1) is 9.01. The van der Waals surface area contributed by atoms with Crippen molar-refractivity contribution in [3.8, 4) is 0 Å². The van der Waals surface area contributed by atoms with Gasteiger partial charge in [-0.3, -0.25) is 9.48 Å². The standard InChI is InChI=1S/C14H14ClFN2O/c1-3-10-7-11(18(2)17-10)8-14(19)12-5-4-9(16)6-13(12)15/h4-7H,3,8H2,1-2H3. The summed E-state index contributed by atoms with van der Waals surface area (Å²) in [5.74, 6) is -0.592. The molecule has 1 aromatic carbocycles. The molecule has 0 aliphatic rings. The molecule has 0 saturated carbocycles. The lowest BCUT2D eigenvalue weighted by atomic mass is 10.1. The van der Waals surface area contributed by atoms with E-state index in [-0.39, 0.29) is 17.2 Å². The molecule has 0 fully saturated rings. The SMILES string of the molecule is CCc1cc(CC(=O)c2ccc(F)cc2Cl)n(C)n1. The maximum absolute atomic E-state index is 12.9. The molecule has 0 unspecified atom stereocenters. The number of hydrogen-bond acceptors (Lipinski definition) is 2. The van der Waals surface area contributed by atoms with Crippen molar-refractivity contribution in [2.75, 3.05) is 0 Å². The monoisotopic (exact) mass is 280 g/mol. The second-order valence-electron chi connectivity index (χ2n) is 4.33. The van der Waals surface area contributed by atoms with E-state index >= 15 is 0 Å². The number of carbonyl (C=O) groups is 1. The minimum absolute atomic E-state index is 0.142. The lowest BCUT2D eigenvalue weighted by Gasteiger charge is -2.04.